The quantitative estimate of drug-likeness (QED) is 0.491. The summed E-state index contributed by atoms with van der Waals surface area (Å²) in [5.74, 6) is 0.284. The highest BCUT2D eigenvalue weighted by Crippen LogP contribution is 2.20. The fraction of sp³-hybridized carbons (Fsp3) is 0.400. The molecule has 3 heterocycles. The van der Waals surface area contributed by atoms with Crippen molar-refractivity contribution in [3.63, 3.8) is 0 Å². The summed E-state index contributed by atoms with van der Waals surface area (Å²) in [4.78, 5) is 35.6. The van der Waals surface area contributed by atoms with Gasteiger partial charge in [-0.1, -0.05) is 38.1 Å². The van der Waals surface area contributed by atoms with E-state index < -0.39 is 6.04 Å². The maximum absolute atomic E-state index is 13.2. The third kappa shape index (κ3) is 5.51. The van der Waals surface area contributed by atoms with Crippen LogP contribution in [0.15, 0.2) is 48.8 Å². The molecule has 8 nitrogen and oxygen atoms in total. The van der Waals surface area contributed by atoms with Crippen LogP contribution in [0.25, 0.3) is 10.9 Å². The zero-order valence-electron chi connectivity index (χ0n) is 19.1. The van der Waals surface area contributed by atoms with Gasteiger partial charge >= 0.3 is 0 Å². The molecule has 174 valence electrons. The Kier molecular flexibility index (Phi) is 7.24. The Labute approximate surface area is 193 Å². The number of pyridine rings is 1. The molecule has 0 aliphatic carbocycles. The van der Waals surface area contributed by atoms with E-state index in [0.29, 0.717) is 26.2 Å². The highest BCUT2D eigenvalue weighted by Gasteiger charge is 2.24. The normalized spacial score (nSPS) is 14.9. The number of amides is 2. The van der Waals surface area contributed by atoms with Gasteiger partial charge in [-0.3, -0.25) is 9.59 Å². The number of H-pyrrole nitrogens is 1. The summed E-state index contributed by atoms with van der Waals surface area (Å²) in [6.07, 6.45) is 4.07. The van der Waals surface area contributed by atoms with Gasteiger partial charge in [0.2, 0.25) is 11.8 Å². The highest BCUT2D eigenvalue weighted by atomic mass is 16.5. The third-order valence-corrected chi connectivity index (χ3v) is 5.89. The zero-order chi connectivity index (χ0) is 23.2. The Hall–Kier alpha value is -3.39. The summed E-state index contributed by atoms with van der Waals surface area (Å²) in [5.41, 5.74) is 2.94. The van der Waals surface area contributed by atoms with Gasteiger partial charge in [0.1, 0.15) is 11.9 Å². The summed E-state index contributed by atoms with van der Waals surface area (Å²) < 4.78 is 5.45. The molecule has 1 unspecified atom stereocenters. The molecule has 1 aromatic carbocycles. The Morgan fingerprint density at radius 2 is 1.88 bits per heavy atom. The van der Waals surface area contributed by atoms with Gasteiger partial charge < -0.3 is 25.3 Å². The number of hydrogen-bond donors (Lipinski definition) is 3. The second kappa shape index (κ2) is 10.5. The average Bonchev–Trinajstić information content (AvgIpc) is 3.25. The monoisotopic (exact) mass is 449 g/mol. The van der Waals surface area contributed by atoms with E-state index in [2.05, 4.69) is 25.5 Å². The number of fused-ring (bicyclic) bond motifs is 1. The van der Waals surface area contributed by atoms with E-state index in [9.17, 15) is 9.59 Å². The van der Waals surface area contributed by atoms with Crippen molar-refractivity contribution in [3.05, 3.63) is 59.9 Å². The molecule has 3 N–H and O–H groups in total. The fourth-order valence-electron chi connectivity index (χ4n) is 4.00. The summed E-state index contributed by atoms with van der Waals surface area (Å²) in [5, 5.41) is 7.00. The summed E-state index contributed by atoms with van der Waals surface area (Å²) in [7, 11) is 0. The second-order valence-electron chi connectivity index (χ2n) is 8.58. The molecule has 3 aromatic rings. The van der Waals surface area contributed by atoms with Gasteiger partial charge in [0, 0.05) is 60.8 Å². The molecule has 0 radical (unpaired) electrons. The van der Waals surface area contributed by atoms with E-state index in [0.717, 1.165) is 40.9 Å². The Bertz CT molecular complexity index is 1100. The van der Waals surface area contributed by atoms with E-state index in [1.807, 2.05) is 56.4 Å². The molecule has 33 heavy (non-hydrogen) atoms. The van der Waals surface area contributed by atoms with Gasteiger partial charge in [0.05, 0.1) is 13.2 Å². The minimum atomic E-state index is -0.678. The van der Waals surface area contributed by atoms with Crippen LogP contribution >= 0.6 is 0 Å². The van der Waals surface area contributed by atoms with Crippen molar-refractivity contribution >= 4 is 28.5 Å². The number of nitrogens with one attached hydrogen (secondary N) is 3. The standard InChI is InChI=1S/C25H31N5O3/c1-17(2)24(31)29-22(14-19-16-27-21-8-4-3-7-20(19)21)25(32)28-15-18-6-5-9-26-23(18)30-10-12-33-13-11-30/h3-9,16-17,22,27H,10-15H2,1-2H3,(H,28,32)(H,29,31). The van der Waals surface area contributed by atoms with Crippen LogP contribution in [0, 0.1) is 5.92 Å². The number of carbonyl (C=O) groups is 2. The zero-order valence-corrected chi connectivity index (χ0v) is 19.1. The van der Waals surface area contributed by atoms with Gasteiger partial charge in [-0.25, -0.2) is 4.98 Å². The lowest BCUT2D eigenvalue weighted by atomic mass is 10.0. The van der Waals surface area contributed by atoms with Crippen LogP contribution in [-0.4, -0.2) is 54.1 Å². The molecule has 2 aromatic heterocycles. The number of carbonyl (C=O) groups excluding carboxylic acids is 2. The van der Waals surface area contributed by atoms with Crippen LogP contribution in [0.3, 0.4) is 0 Å². The van der Waals surface area contributed by atoms with Crippen LogP contribution in [0.5, 0.6) is 0 Å². The molecular weight excluding hydrogens is 418 g/mol. The largest absolute Gasteiger partial charge is 0.378 e. The molecule has 0 saturated carbocycles. The molecule has 1 saturated heterocycles. The molecule has 0 bridgehead atoms. The number of aromatic amines is 1. The maximum Gasteiger partial charge on any atom is 0.243 e. The molecule has 1 fully saturated rings. The molecule has 4 rings (SSSR count). The van der Waals surface area contributed by atoms with Crippen LogP contribution in [0.2, 0.25) is 0 Å². The summed E-state index contributed by atoms with van der Waals surface area (Å²) in [6.45, 7) is 6.84. The first-order valence-corrected chi connectivity index (χ1v) is 11.4. The van der Waals surface area contributed by atoms with Crippen molar-refractivity contribution in [2.45, 2.75) is 32.9 Å². The van der Waals surface area contributed by atoms with Crippen molar-refractivity contribution in [1.82, 2.24) is 20.6 Å². The molecule has 8 heteroatoms. The van der Waals surface area contributed by atoms with E-state index in [1.165, 1.54) is 0 Å². The molecular formula is C25H31N5O3. The maximum atomic E-state index is 13.2. The molecule has 2 amide bonds. The lowest BCUT2D eigenvalue weighted by Crippen LogP contribution is -2.49. The fourth-order valence-corrected chi connectivity index (χ4v) is 4.00. The SMILES string of the molecule is CC(C)C(=O)NC(Cc1c[nH]c2ccccc12)C(=O)NCc1cccnc1N1CCOCC1. The predicted octanol–water partition coefficient (Wildman–Crippen LogP) is 2.40. The van der Waals surface area contributed by atoms with Gasteiger partial charge in [-0.15, -0.1) is 0 Å². The molecule has 0 spiro atoms. The lowest BCUT2D eigenvalue weighted by Gasteiger charge is -2.29. The van der Waals surface area contributed by atoms with Crippen molar-refractivity contribution in [3.8, 4) is 0 Å². The number of benzene rings is 1. The minimum absolute atomic E-state index is 0.148. The first-order chi connectivity index (χ1) is 16.0. The van der Waals surface area contributed by atoms with Gasteiger partial charge in [-0.05, 0) is 17.7 Å². The number of aromatic nitrogens is 2. The first kappa shape index (κ1) is 22.8. The molecule has 1 atom stereocenters. The number of rotatable bonds is 8. The summed E-state index contributed by atoms with van der Waals surface area (Å²) >= 11 is 0. The van der Waals surface area contributed by atoms with E-state index in [-0.39, 0.29) is 17.7 Å². The van der Waals surface area contributed by atoms with Crippen LogP contribution in [0.1, 0.15) is 25.0 Å². The van der Waals surface area contributed by atoms with Gasteiger partial charge in [-0.2, -0.15) is 0 Å². The van der Waals surface area contributed by atoms with Crippen molar-refractivity contribution < 1.29 is 14.3 Å². The van der Waals surface area contributed by atoms with Crippen molar-refractivity contribution in [2.24, 2.45) is 5.92 Å². The second-order valence-corrected chi connectivity index (χ2v) is 8.58. The average molecular weight is 450 g/mol. The predicted molar refractivity (Wildman–Crippen MR) is 128 cm³/mol. The number of nitrogens with zero attached hydrogens (tertiary/aromatic N) is 2. The lowest BCUT2D eigenvalue weighted by molar-refractivity contribution is -0.130. The highest BCUT2D eigenvalue weighted by molar-refractivity contribution is 5.90. The van der Waals surface area contributed by atoms with Gasteiger partial charge in [0.15, 0.2) is 0 Å². The Morgan fingerprint density at radius 1 is 1.09 bits per heavy atom. The van der Waals surface area contributed by atoms with Crippen molar-refractivity contribution in [2.75, 3.05) is 31.2 Å². The minimum Gasteiger partial charge on any atom is -0.378 e. The van der Waals surface area contributed by atoms with E-state index >= 15 is 0 Å². The Morgan fingerprint density at radius 3 is 2.67 bits per heavy atom. The molecule has 1 aliphatic heterocycles. The van der Waals surface area contributed by atoms with Crippen molar-refractivity contribution in [1.29, 1.82) is 0 Å². The number of anilines is 1. The molecule has 1 aliphatic rings. The number of hydrogen-bond acceptors (Lipinski definition) is 5. The summed E-state index contributed by atoms with van der Waals surface area (Å²) in [6, 6.07) is 11.1. The Balaban J connectivity index is 1.49. The van der Waals surface area contributed by atoms with Crippen LogP contribution in [0.4, 0.5) is 5.82 Å². The smallest absolute Gasteiger partial charge is 0.243 e. The topological polar surface area (TPSA) is 99.3 Å². The van der Waals surface area contributed by atoms with E-state index in [4.69, 9.17) is 4.74 Å². The number of para-hydroxylation sites is 1. The van der Waals surface area contributed by atoms with Gasteiger partial charge in [0.25, 0.3) is 0 Å². The van der Waals surface area contributed by atoms with E-state index in [1.54, 1.807) is 6.20 Å². The first-order valence-electron chi connectivity index (χ1n) is 11.4. The number of ether oxygens (including phenoxy) is 1. The van der Waals surface area contributed by atoms with Crippen LogP contribution < -0.4 is 15.5 Å². The third-order valence-electron chi connectivity index (χ3n) is 5.89. The van der Waals surface area contributed by atoms with Crippen LogP contribution in [-0.2, 0) is 27.3 Å². The number of morpholine rings is 1.